The Morgan fingerprint density at radius 2 is 0.490 bits per heavy atom. The van der Waals surface area contributed by atoms with Crippen molar-refractivity contribution >= 4 is 39.5 Å². The van der Waals surface area contributed by atoms with Gasteiger partial charge in [-0.3, -0.25) is 37.3 Å². The summed E-state index contributed by atoms with van der Waals surface area (Å²) in [6.07, 6.45) is 54.4. The molecule has 0 saturated carbocycles. The van der Waals surface area contributed by atoms with Crippen LogP contribution in [0.5, 0.6) is 0 Å². The van der Waals surface area contributed by atoms with Crippen molar-refractivity contribution in [3.05, 3.63) is 0 Å². The van der Waals surface area contributed by atoms with Crippen molar-refractivity contribution in [2.75, 3.05) is 39.6 Å². The molecule has 6 atom stereocenters. The van der Waals surface area contributed by atoms with E-state index in [2.05, 4.69) is 55.4 Å². The molecule has 0 amide bonds. The van der Waals surface area contributed by atoms with Crippen molar-refractivity contribution in [2.24, 2.45) is 23.7 Å². The number of hydrogen-bond donors (Lipinski definition) is 3. The topological polar surface area (TPSA) is 237 Å². The third-order valence-electron chi connectivity index (χ3n) is 18.7. The highest BCUT2D eigenvalue weighted by atomic mass is 31.2. The molecule has 0 heterocycles. The maximum absolute atomic E-state index is 13.1. The van der Waals surface area contributed by atoms with E-state index in [1.54, 1.807) is 0 Å². The molecule has 0 bridgehead atoms. The number of carbonyl (C=O) groups is 4. The third kappa shape index (κ3) is 71.1. The maximum Gasteiger partial charge on any atom is 0.472 e. The van der Waals surface area contributed by atoms with Gasteiger partial charge in [-0.05, 0) is 49.4 Å². The summed E-state index contributed by atoms with van der Waals surface area (Å²) in [4.78, 5) is 72.8. The number of phosphoric acid groups is 2. The lowest BCUT2D eigenvalue weighted by Gasteiger charge is -2.21. The fourth-order valence-electron chi connectivity index (χ4n) is 12.0. The Morgan fingerprint density at radius 1 is 0.286 bits per heavy atom. The van der Waals surface area contributed by atoms with Crippen molar-refractivity contribution in [2.45, 2.75) is 420 Å². The molecule has 4 unspecified atom stereocenters. The highest BCUT2D eigenvalue weighted by Gasteiger charge is 2.30. The Hall–Kier alpha value is -1.94. The van der Waals surface area contributed by atoms with Crippen LogP contribution in [-0.2, 0) is 65.4 Å². The van der Waals surface area contributed by atoms with Gasteiger partial charge in [0, 0.05) is 25.7 Å². The predicted molar refractivity (Wildman–Crippen MR) is 400 cm³/mol. The van der Waals surface area contributed by atoms with Crippen LogP contribution in [0.1, 0.15) is 402 Å². The van der Waals surface area contributed by atoms with Gasteiger partial charge in [-0.15, -0.1) is 0 Å². The van der Waals surface area contributed by atoms with Gasteiger partial charge < -0.3 is 33.8 Å². The highest BCUT2D eigenvalue weighted by molar-refractivity contribution is 7.47. The van der Waals surface area contributed by atoms with Crippen molar-refractivity contribution in [3.63, 3.8) is 0 Å². The first-order chi connectivity index (χ1) is 47.1. The van der Waals surface area contributed by atoms with Crippen LogP contribution in [0.3, 0.4) is 0 Å². The van der Waals surface area contributed by atoms with Crippen LogP contribution in [-0.4, -0.2) is 96.7 Å². The molecule has 0 aromatic heterocycles. The number of hydrogen-bond acceptors (Lipinski definition) is 15. The molecule has 0 saturated heterocycles. The van der Waals surface area contributed by atoms with E-state index in [0.717, 1.165) is 108 Å². The van der Waals surface area contributed by atoms with Gasteiger partial charge in [0.1, 0.15) is 19.3 Å². The SMILES string of the molecule is CCC(C)CCCCCCCCCCCCCCCCCCCCC(=O)OC[C@H](COP(=O)(O)OCC(O)COP(=O)(O)OC[C@@H](COC(=O)CCCCCCCCCC(C)C)OC(=O)CCCCCCCCCC(C)C)OC(=O)CCCCCCCCCCCCCCCC(C)C. The molecule has 0 spiro atoms. The van der Waals surface area contributed by atoms with Gasteiger partial charge in [-0.25, -0.2) is 9.13 Å². The molecule has 0 aliphatic heterocycles. The second kappa shape index (κ2) is 68.2. The lowest BCUT2D eigenvalue weighted by atomic mass is 9.99. The first-order valence-corrected chi connectivity index (χ1v) is 43.7. The molecule has 17 nitrogen and oxygen atoms in total. The number of ether oxygens (including phenoxy) is 4. The molecule has 19 heteroatoms. The summed E-state index contributed by atoms with van der Waals surface area (Å²) in [6, 6.07) is 0. The Bertz CT molecular complexity index is 1920. The Morgan fingerprint density at radius 3 is 0.724 bits per heavy atom. The van der Waals surface area contributed by atoms with Gasteiger partial charge in [0.25, 0.3) is 0 Å². The van der Waals surface area contributed by atoms with Gasteiger partial charge in [0.2, 0.25) is 0 Å². The van der Waals surface area contributed by atoms with Gasteiger partial charge >= 0.3 is 39.5 Å². The number of aliphatic hydroxyl groups is 1. The summed E-state index contributed by atoms with van der Waals surface area (Å²) in [5, 5.41) is 10.6. The van der Waals surface area contributed by atoms with E-state index in [0.29, 0.717) is 37.5 Å². The van der Waals surface area contributed by atoms with Crippen LogP contribution in [0.15, 0.2) is 0 Å². The largest absolute Gasteiger partial charge is 0.472 e. The predicted octanol–water partition coefficient (Wildman–Crippen LogP) is 23.2. The lowest BCUT2D eigenvalue weighted by Crippen LogP contribution is -2.30. The zero-order valence-corrected chi connectivity index (χ0v) is 66.2. The summed E-state index contributed by atoms with van der Waals surface area (Å²) >= 11 is 0. The number of carbonyl (C=O) groups excluding carboxylic acids is 4. The third-order valence-corrected chi connectivity index (χ3v) is 20.6. The number of esters is 4. The Kier molecular flexibility index (Phi) is 66.8. The second-order valence-corrected chi connectivity index (χ2v) is 33.0. The number of rotatable bonds is 76. The molecule has 0 aromatic rings. The molecule has 0 radical (unpaired) electrons. The smallest absolute Gasteiger partial charge is 0.462 e. The van der Waals surface area contributed by atoms with E-state index >= 15 is 0 Å². The summed E-state index contributed by atoms with van der Waals surface area (Å²) in [5.41, 5.74) is 0. The normalized spacial score (nSPS) is 14.3. The molecule has 0 fully saturated rings. The van der Waals surface area contributed by atoms with Crippen LogP contribution >= 0.6 is 15.6 Å². The minimum Gasteiger partial charge on any atom is -0.462 e. The lowest BCUT2D eigenvalue weighted by molar-refractivity contribution is -0.161. The molecule has 582 valence electrons. The number of aliphatic hydroxyl groups excluding tert-OH is 1. The Balaban J connectivity index is 5.18. The van der Waals surface area contributed by atoms with Crippen LogP contribution in [0.25, 0.3) is 0 Å². The Labute approximate surface area is 600 Å². The summed E-state index contributed by atoms with van der Waals surface area (Å²) in [7, 11) is -9.91. The van der Waals surface area contributed by atoms with Gasteiger partial charge in [0.15, 0.2) is 12.2 Å². The maximum atomic E-state index is 13.1. The molecular formula is C79H154O17P2. The molecule has 98 heavy (non-hydrogen) atoms. The zero-order chi connectivity index (χ0) is 72.4. The van der Waals surface area contributed by atoms with Gasteiger partial charge in [0.05, 0.1) is 26.4 Å². The quantitative estimate of drug-likeness (QED) is 0.0222. The summed E-state index contributed by atoms with van der Waals surface area (Å²) in [6.45, 7) is 14.2. The van der Waals surface area contributed by atoms with Gasteiger partial charge in [-0.1, -0.05) is 351 Å². The van der Waals surface area contributed by atoms with Crippen LogP contribution in [0, 0.1) is 23.7 Å². The van der Waals surface area contributed by atoms with Crippen LogP contribution < -0.4 is 0 Å². The number of phosphoric ester groups is 2. The monoisotopic (exact) mass is 1440 g/mol. The van der Waals surface area contributed by atoms with Crippen molar-refractivity contribution < 1.29 is 80.2 Å². The summed E-state index contributed by atoms with van der Waals surface area (Å²) < 4.78 is 68.5. The van der Waals surface area contributed by atoms with Crippen LogP contribution in [0.4, 0.5) is 0 Å². The first-order valence-electron chi connectivity index (χ1n) is 40.7. The second-order valence-electron chi connectivity index (χ2n) is 30.1. The molecule has 0 aliphatic rings. The van der Waals surface area contributed by atoms with Crippen molar-refractivity contribution in [3.8, 4) is 0 Å². The minimum atomic E-state index is -4.96. The standard InChI is InChI=1S/C79H154O17P2/c1-9-72(8)58-50-42-34-26-22-18-14-12-10-11-13-15-19-23-27-35-43-51-59-76(81)89-65-74(95-78(83)61-53-45-36-28-24-20-16-17-21-25-31-39-47-55-69(2)3)67-93-97(85,86)91-63-73(80)64-92-98(87,88)94-68-75(96-79(84)62-54-46-38-30-33-41-49-57-71(6)7)66-90-77(82)60-52-44-37-29-32-40-48-56-70(4)5/h69-75,80H,9-68H2,1-8H3,(H,85,86)(H,87,88)/t72?,73?,74-,75-/m1/s1. The van der Waals surface area contributed by atoms with E-state index in [1.165, 1.54) is 199 Å². The van der Waals surface area contributed by atoms with E-state index in [1.807, 2.05) is 0 Å². The number of unbranched alkanes of at least 4 members (excludes halogenated alkanes) is 41. The zero-order valence-electron chi connectivity index (χ0n) is 64.4. The van der Waals surface area contributed by atoms with E-state index < -0.39 is 97.5 Å². The molecular weight excluding hydrogens is 1280 g/mol. The van der Waals surface area contributed by atoms with E-state index in [9.17, 15) is 43.2 Å². The van der Waals surface area contributed by atoms with Crippen LogP contribution in [0.2, 0.25) is 0 Å². The molecule has 3 N–H and O–H groups in total. The molecule has 0 aromatic carbocycles. The molecule has 0 aliphatic carbocycles. The average molecular weight is 1440 g/mol. The first kappa shape index (κ1) is 96.1. The fraction of sp³-hybridized carbons (Fsp3) is 0.949. The highest BCUT2D eigenvalue weighted by Crippen LogP contribution is 2.45. The van der Waals surface area contributed by atoms with Gasteiger partial charge in [-0.2, -0.15) is 0 Å². The van der Waals surface area contributed by atoms with Crippen molar-refractivity contribution in [1.29, 1.82) is 0 Å². The van der Waals surface area contributed by atoms with E-state index in [-0.39, 0.29) is 25.7 Å². The fourth-order valence-corrected chi connectivity index (χ4v) is 13.6. The van der Waals surface area contributed by atoms with Crippen molar-refractivity contribution in [1.82, 2.24) is 0 Å². The molecule has 0 rings (SSSR count). The van der Waals surface area contributed by atoms with E-state index in [4.69, 9.17) is 37.0 Å². The minimum absolute atomic E-state index is 0.102. The average Bonchev–Trinajstić information content (AvgIpc) is 0.982. The summed E-state index contributed by atoms with van der Waals surface area (Å²) in [5.74, 6) is 0.940.